The number of piperazine rings is 1. The topological polar surface area (TPSA) is 52.6 Å². The number of hydrogen-bond donors (Lipinski definition) is 2. The van der Waals surface area contributed by atoms with Crippen LogP contribution in [0, 0.1) is 0 Å². The minimum atomic E-state index is -0.708. The highest BCUT2D eigenvalue weighted by Crippen LogP contribution is 2.02. The largest absolute Gasteiger partial charge is 0.481 e. The molecule has 0 spiro atoms. The lowest BCUT2D eigenvalue weighted by atomic mass is 10.2. The number of nitrogens with zero attached hydrogens (tertiary/aromatic N) is 1. The first-order chi connectivity index (χ1) is 5.70. The number of aliphatic carboxylic acids is 1. The standard InChI is InChI=1S/C8H16N2O2/c1-7-6-9-3-5-10(7)4-2-8(11)12/h7,9H,2-6H2,1H3,(H,11,12)/t7-/m0/s1. The molecule has 0 aromatic rings. The predicted octanol–water partition coefficient (Wildman–Crippen LogP) is -0.245. The van der Waals surface area contributed by atoms with Gasteiger partial charge in [-0.2, -0.15) is 0 Å². The summed E-state index contributed by atoms with van der Waals surface area (Å²) in [7, 11) is 0. The highest BCUT2D eigenvalue weighted by molar-refractivity contribution is 5.66. The van der Waals surface area contributed by atoms with Crippen molar-refractivity contribution in [3.05, 3.63) is 0 Å². The van der Waals surface area contributed by atoms with E-state index < -0.39 is 5.97 Å². The molecule has 0 saturated carbocycles. The van der Waals surface area contributed by atoms with Crippen LogP contribution in [0.2, 0.25) is 0 Å². The van der Waals surface area contributed by atoms with Crippen LogP contribution in [-0.4, -0.2) is 48.2 Å². The first-order valence-electron chi connectivity index (χ1n) is 4.36. The molecule has 1 aliphatic rings. The summed E-state index contributed by atoms with van der Waals surface area (Å²) in [5.41, 5.74) is 0. The second kappa shape index (κ2) is 4.42. The minimum Gasteiger partial charge on any atom is -0.481 e. The van der Waals surface area contributed by atoms with Gasteiger partial charge in [0, 0.05) is 32.2 Å². The third-order valence-corrected chi connectivity index (χ3v) is 2.25. The smallest absolute Gasteiger partial charge is 0.304 e. The summed E-state index contributed by atoms with van der Waals surface area (Å²) in [5.74, 6) is -0.708. The van der Waals surface area contributed by atoms with Gasteiger partial charge < -0.3 is 10.4 Å². The quantitative estimate of drug-likeness (QED) is 0.616. The van der Waals surface area contributed by atoms with Crippen LogP contribution in [0.15, 0.2) is 0 Å². The molecule has 0 aromatic heterocycles. The van der Waals surface area contributed by atoms with Gasteiger partial charge in [0.05, 0.1) is 6.42 Å². The Balaban J connectivity index is 2.24. The van der Waals surface area contributed by atoms with Crippen molar-refractivity contribution in [3.8, 4) is 0 Å². The van der Waals surface area contributed by atoms with E-state index in [-0.39, 0.29) is 6.42 Å². The van der Waals surface area contributed by atoms with Crippen molar-refractivity contribution in [1.82, 2.24) is 10.2 Å². The van der Waals surface area contributed by atoms with Crippen molar-refractivity contribution in [3.63, 3.8) is 0 Å². The van der Waals surface area contributed by atoms with Crippen LogP contribution in [0.4, 0.5) is 0 Å². The molecule has 1 aliphatic heterocycles. The van der Waals surface area contributed by atoms with Gasteiger partial charge in [-0.15, -0.1) is 0 Å². The van der Waals surface area contributed by atoms with Gasteiger partial charge in [0.1, 0.15) is 0 Å². The summed E-state index contributed by atoms with van der Waals surface area (Å²) in [6, 6.07) is 0.470. The second-order valence-electron chi connectivity index (χ2n) is 3.23. The molecule has 1 saturated heterocycles. The van der Waals surface area contributed by atoms with E-state index in [1.165, 1.54) is 0 Å². The highest BCUT2D eigenvalue weighted by atomic mass is 16.4. The molecule has 0 aromatic carbocycles. The van der Waals surface area contributed by atoms with Crippen LogP contribution in [0.5, 0.6) is 0 Å². The number of hydrogen-bond acceptors (Lipinski definition) is 3. The third kappa shape index (κ3) is 2.79. The Morgan fingerprint density at radius 1 is 1.75 bits per heavy atom. The predicted molar refractivity (Wildman–Crippen MR) is 46.2 cm³/mol. The molecule has 0 bridgehead atoms. The Hall–Kier alpha value is -0.610. The Morgan fingerprint density at radius 2 is 2.50 bits per heavy atom. The second-order valence-corrected chi connectivity index (χ2v) is 3.23. The monoisotopic (exact) mass is 172 g/mol. The molecule has 12 heavy (non-hydrogen) atoms. The van der Waals surface area contributed by atoms with Gasteiger partial charge in [0.15, 0.2) is 0 Å². The Labute approximate surface area is 72.6 Å². The van der Waals surface area contributed by atoms with Crippen molar-refractivity contribution in [1.29, 1.82) is 0 Å². The fourth-order valence-electron chi connectivity index (χ4n) is 1.45. The van der Waals surface area contributed by atoms with E-state index in [0.29, 0.717) is 12.6 Å². The third-order valence-electron chi connectivity index (χ3n) is 2.25. The van der Waals surface area contributed by atoms with Gasteiger partial charge in [-0.3, -0.25) is 9.69 Å². The molecule has 1 atom stereocenters. The van der Waals surface area contributed by atoms with E-state index in [9.17, 15) is 4.79 Å². The molecule has 70 valence electrons. The van der Waals surface area contributed by atoms with Crippen molar-refractivity contribution in [2.75, 3.05) is 26.2 Å². The van der Waals surface area contributed by atoms with Crippen LogP contribution < -0.4 is 5.32 Å². The van der Waals surface area contributed by atoms with Crippen LogP contribution in [-0.2, 0) is 4.79 Å². The molecule has 0 amide bonds. The van der Waals surface area contributed by atoms with E-state index in [0.717, 1.165) is 19.6 Å². The highest BCUT2D eigenvalue weighted by Gasteiger charge is 2.17. The average molecular weight is 172 g/mol. The molecule has 0 unspecified atom stereocenters. The van der Waals surface area contributed by atoms with Gasteiger partial charge >= 0.3 is 5.97 Å². The molecule has 1 heterocycles. The molecule has 0 aliphatic carbocycles. The average Bonchev–Trinajstić information content (AvgIpc) is 2.03. The van der Waals surface area contributed by atoms with Gasteiger partial charge in [0.2, 0.25) is 0 Å². The van der Waals surface area contributed by atoms with Crippen molar-refractivity contribution >= 4 is 5.97 Å². The van der Waals surface area contributed by atoms with Crippen LogP contribution in [0.25, 0.3) is 0 Å². The summed E-state index contributed by atoms with van der Waals surface area (Å²) in [4.78, 5) is 12.5. The maximum atomic E-state index is 10.3. The van der Waals surface area contributed by atoms with Crippen LogP contribution in [0.3, 0.4) is 0 Å². The number of rotatable bonds is 3. The SMILES string of the molecule is C[C@H]1CNCCN1CCC(=O)O. The maximum Gasteiger partial charge on any atom is 0.304 e. The maximum absolute atomic E-state index is 10.3. The van der Waals surface area contributed by atoms with Crippen molar-refractivity contribution < 1.29 is 9.90 Å². The zero-order valence-electron chi connectivity index (χ0n) is 7.42. The lowest BCUT2D eigenvalue weighted by Crippen LogP contribution is -2.50. The first kappa shape index (κ1) is 9.48. The minimum absolute atomic E-state index is 0.254. The molecule has 1 fully saturated rings. The van der Waals surface area contributed by atoms with Gasteiger partial charge in [-0.25, -0.2) is 0 Å². The summed E-state index contributed by atoms with van der Waals surface area (Å²) < 4.78 is 0. The molecule has 2 N–H and O–H groups in total. The zero-order valence-corrected chi connectivity index (χ0v) is 7.42. The van der Waals surface area contributed by atoms with Crippen molar-refractivity contribution in [2.45, 2.75) is 19.4 Å². The Morgan fingerprint density at radius 3 is 3.08 bits per heavy atom. The summed E-state index contributed by atoms with van der Waals surface area (Å²) in [6.07, 6.45) is 0.254. The normalized spacial score (nSPS) is 25.6. The van der Waals surface area contributed by atoms with E-state index in [1.54, 1.807) is 0 Å². The molecular weight excluding hydrogens is 156 g/mol. The molecule has 4 heteroatoms. The fourth-order valence-corrected chi connectivity index (χ4v) is 1.45. The molecule has 1 rings (SSSR count). The van der Waals surface area contributed by atoms with E-state index in [1.807, 2.05) is 0 Å². The van der Waals surface area contributed by atoms with Crippen LogP contribution in [0.1, 0.15) is 13.3 Å². The summed E-state index contributed by atoms with van der Waals surface area (Å²) in [5, 5.41) is 11.8. The fraction of sp³-hybridized carbons (Fsp3) is 0.875. The Bertz CT molecular complexity index is 161. The Kier molecular flexibility index (Phi) is 3.49. The number of nitrogens with one attached hydrogen (secondary N) is 1. The summed E-state index contributed by atoms with van der Waals surface area (Å²) in [6.45, 7) is 5.71. The van der Waals surface area contributed by atoms with E-state index >= 15 is 0 Å². The number of carboxylic acids is 1. The number of carbonyl (C=O) groups is 1. The van der Waals surface area contributed by atoms with E-state index in [4.69, 9.17) is 5.11 Å². The zero-order chi connectivity index (χ0) is 8.97. The number of carboxylic acid groups (broad SMARTS) is 1. The lowest BCUT2D eigenvalue weighted by molar-refractivity contribution is -0.137. The van der Waals surface area contributed by atoms with E-state index in [2.05, 4.69) is 17.1 Å². The van der Waals surface area contributed by atoms with Crippen molar-refractivity contribution in [2.24, 2.45) is 0 Å². The molecule has 0 radical (unpaired) electrons. The summed E-state index contributed by atoms with van der Waals surface area (Å²) >= 11 is 0. The lowest BCUT2D eigenvalue weighted by Gasteiger charge is -2.33. The van der Waals surface area contributed by atoms with Crippen LogP contribution >= 0.6 is 0 Å². The molecule has 4 nitrogen and oxygen atoms in total. The molecular formula is C8H16N2O2. The van der Waals surface area contributed by atoms with Gasteiger partial charge in [0.25, 0.3) is 0 Å². The first-order valence-corrected chi connectivity index (χ1v) is 4.36. The van der Waals surface area contributed by atoms with Gasteiger partial charge in [-0.1, -0.05) is 0 Å². The van der Waals surface area contributed by atoms with Gasteiger partial charge in [-0.05, 0) is 6.92 Å².